The van der Waals surface area contributed by atoms with E-state index in [9.17, 15) is 13.2 Å². The predicted molar refractivity (Wildman–Crippen MR) is 81.6 cm³/mol. The number of ketones is 1. The Labute approximate surface area is 126 Å². The van der Waals surface area contributed by atoms with E-state index in [1.807, 2.05) is 0 Å². The van der Waals surface area contributed by atoms with Gasteiger partial charge in [-0.15, -0.1) is 0 Å². The quantitative estimate of drug-likeness (QED) is 0.838. The zero-order valence-electron chi connectivity index (χ0n) is 12.3. The summed E-state index contributed by atoms with van der Waals surface area (Å²) in [6.45, 7) is 3.36. The molecule has 5 nitrogen and oxygen atoms in total. The molecule has 1 saturated heterocycles. The normalized spacial score (nSPS) is 17.8. The molecule has 0 aromatic heterocycles. The Hall–Kier alpha value is -1.24. The lowest BCUT2D eigenvalue weighted by Crippen LogP contribution is -2.40. The van der Waals surface area contributed by atoms with E-state index in [0.717, 1.165) is 12.8 Å². The van der Waals surface area contributed by atoms with Crippen molar-refractivity contribution >= 4 is 15.8 Å². The Balaban J connectivity index is 2.22. The summed E-state index contributed by atoms with van der Waals surface area (Å²) in [7, 11) is -3.52. The first-order chi connectivity index (χ1) is 9.98. The van der Waals surface area contributed by atoms with Gasteiger partial charge in [0.25, 0.3) is 0 Å². The third kappa shape index (κ3) is 3.51. The van der Waals surface area contributed by atoms with Gasteiger partial charge in [0.05, 0.1) is 4.90 Å². The van der Waals surface area contributed by atoms with Gasteiger partial charge in [-0.05, 0) is 37.4 Å². The summed E-state index contributed by atoms with van der Waals surface area (Å²) in [5.74, 6) is 0.360. The maximum atomic E-state index is 12.6. The summed E-state index contributed by atoms with van der Waals surface area (Å²) >= 11 is 0. The van der Waals surface area contributed by atoms with Crippen LogP contribution in [-0.4, -0.2) is 38.1 Å². The lowest BCUT2D eigenvalue weighted by molar-refractivity contribution is 0.0988. The first kappa shape index (κ1) is 16.1. The maximum absolute atomic E-state index is 12.6. The average Bonchev–Trinajstić information content (AvgIpc) is 2.54. The summed E-state index contributed by atoms with van der Waals surface area (Å²) in [5, 5.41) is 0. The SMILES string of the molecule is CCC(=O)c1cccc(S(=O)(=O)N2CCC(CN)CC2)c1. The molecule has 1 heterocycles. The molecule has 1 aliphatic rings. The molecule has 0 amide bonds. The number of carbonyl (C=O) groups excluding carboxylic acids is 1. The van der Waals surface area contributed by atoms with E-state index in [-0.39, 0.29) is 10.7 Å². The molecule has 0 saturated carbocycles. The van der Waals surface area contributed by atoms with E-state index in [1.165, 1.54) is 10.4 Å². The Kier molecular flexibility index (Phi) is 5.13. The molecule has 0 unspecified atom stereocenters. The number of carbonyl (C=O) groups is 1. The summed E-state index contributed by atoms with van der Waals surface area (Å²) in [6.07, 6.45) is 1.96. The summed E-state index contributed by atoms with van der Waals surface area (Å²) < 4.78 is 26.8. The van der Waals surface area contributed by atoms with Crippen molar-refractivity contribution in [2.75, 3.05) is 19.6 Å². The Bertz CT molecular complexity index is 605. The van der Waals surface area contributed by atoms with Gasteiger partial charge in [-0.3, -0.25) is 4.79 Å². The molecule has 0 radical (unpaired) electrons. The van der Waals surface area contributed by atoms with Crippen LogP contribution in [0, 0.1) is 5.92 Å². The first-order valence-electron chi connectivity index (χ1n) is 7.32. The van der Waals surface area contributed by atoms with Crippen LogP contribution < -0.4 is 5.73 Å². The monoisotopic (exact) mass is 310 g/mol. The Morgan fingerprint density at radius 2 is 2.00 bits per heavy atom. The molecule has 1 aromatic carbocycles. The maximum Gasteiger partial charge on any atom is 0.243 e. The van der Waals surface area contributed by atoms with Crippen molar-refractivity contribution in [3.05, 3.63) is 29.8 Å². The van der Waals surface area contributed by atoms with Gasteiger partial charge < -0.3 is 5.73 Å². The largest absolute Gasteiger partial charge is 0.330 e. The molecule has 116 valence electrons. The van der Waals surface area contributed by atoms with Crippen molar-refractivity contribution in [3.63, 3.8) is 0 Å². The molecule has 0 aliphatic carbocycles. The van der Waals surface area contributed by atoms with Gasteiger partial charge >= 0.3 is 0 Å². The van der Waals surface area contributed by atoms with Crippen molar-refractivity contribution < 1.29 is 13.2 Å². The zero-order chi connectivity index (χ0) is 15.5. The number of sulfonamides is 1. The van der Waals surface area contributed by atoms with Crippen LogP contribution in [0.1, 0.15) is 36.5 Å². The van der Waals surface area contributed by atoms with Gasteiger partial charge in [0.1, 0.15) is 0 Å². The number of rotatable bonds is 5. The first-order valence-corrected chi connectivity index (χ1v) is 8.76. The summed E-state index contributed by atoms with van der Waals surface area (Å²) in [5.41, 5.74) is 6.09. The third-order valence-corrected chi connectivity index (χ3v) is 5.92. The van der Waals surface area contributed by atoms with Crippen LogP contribution in [0.2, 0.25) is 0 Å². The molecule has 2 rings (SSSR count). The smallest absolute Gasteiger partial charge is 0.243 e. The van der Waals surface area contributed by atoms with Gasteiger partial charge in [-0.25, -0.2) is 8.42 Å². The van der Waals surface area contributed by atoms with Gasteiger partial charge in [0, 0.05) is 25.1 Å². The second kappa shape index (κ2) is 6.68. The molecular formula is C15H22N2O3S. The topological polar surface area (TPSA) is 80.5 Å². The molecule has 1 fully saturated rings. The minimum Gasteiger partial charge on any atom is -0.330 e. The Morgan fingerprint density at radius 1 is 1.33 bits per heavy atom. The number of benzene rings is 1. The van der Waals surface area contributed by atoms with Crippen LogP contribution in [0.5, 0.6) is 0 Å². The zero-order valence-corrected chi connectivity index (χ0v) is 13.1. The molecule has 21 heavy (non-hydrogen) atoms. The van der Waals surface area contributed by atoms with Crippen LogP contribution >= 0.6 is 0 Å². The Morgan fingerprint density at radius 3 is 2.57 bits per heavy atom. The van der Waals surface area contributed by atoms with Crippen molar-refractivity contribution in [3.8, 4) is 0 Å². The van der Waals surface area contributed by atoms with Crippen LogP contribution in [0.25, 0.3) is 0 Å². The lowest BCUT2D eigenvalue weighted by Gasteiger charge is -2.30. The summed E-state index contributed by atoms with van der Waals surface area (Å²) in [6, 6.07) is 6.32. The second-order valence-electron chi connectivity index (χ2n) is 5.39. The van der Waals surface area contributed by atoms with Gasteiger partial charge in [0.15, 0.2) is 5.78 Å². The van der Waals surface area contributed by atoms with E-state index in [1.54, 1.807) is 25.1 Å². The number of nitrogens with zero attached hydrogens (tertiary/aromatic N) is 1. The molecule has 0 spiro atoms. The minimum absolute atomic E-state index is 0.0473. The van der Waals surface area contributed by atoms with Crippen LogP contribution in [-0.2, 0) is 10.0 Å². The van der Waals surface area contributed by atoms with E-state index in [0.29, 0.717) is 37.5 Å². The highest BCUT2D eigenvalue weighted by atomic mass is 32.2. The fourth-order valence-electron chi connectivity index (χ4n) is 2.57. The fourth-order valence-corrected chi connectivity index (χ4v) is 4.08. The molecule has 0 atom stereocenters. The molecule has 2 N–H and O–H groups in total. The predicted octanol–water partition coefficient (Wildman–Crippen LogP) is 1.64. The third-order valence-electron chi connectivity index (χ3n) is 4.02. The van der Waals surface area contributed by atoms with Crippen LogP contribution in [0.3, 0.4) is 0 Å². The average molecular weight is 310 g/mol. The second-order valence-corrected chi connectivity index (χ2v) is 7.33. The van der Waals surface area contributed by atoms with Gasteiger partial charge in [-0.1, -0.05) is 19.1 Å². The molecule has 1 aliphatic heterocycles. The summed E-state index contributed by atoms with van der Waals surface area (Å²) in [4.78, 5) is 11.9. The van der Waals surface area contributed by atoms with E-state index in [2.05, 4.69) is 0 Å². The van der Waals surface area contributed by atoms with Crippen LogP contribution in [0.15, 0.2) is 29.2 Å². The van der Waals surface area contributed by atoms with Crippen LogP contribution in [0.4, 0.5) is 0 Å². The lowest BCUT2D eigenvalue weighted by atomic mass is 9.99. The van der Waals surface area contributed by atoms with Crippen molar-refractivity contribution in [2.24, 2.45) is 11.7 Å². The van der Waals surface area contributed by atoms with E-state index < -0.39 is 10.0 Å². The number of hydrogen-bond donors (Lipinski definition) is 1. The number of Topliss-reactive ketones (excluding diaryl/α,β-unsaturated/α-hetero) is 1. The minimum atomic E-state index is -3.52. The van der Waals surface area contributed by atoms with Crippen molar-refractivity contribution in [1.82, 2.24) is 4.31 Å². The standard InChI is InChI=1S/C15H22N2O3S/c1-2-15(18)13-4-3-5-14(10-13)21(19,20)17-8-6-12(11-16)7-9-17/h3-5,10,12H,2,6-9,11,16H2,1H3. The fraction of sp³-hybridized carbons (Fsp3) is 0.533. The highest BCUT2D eigenvalue weighted by Gasteiger charge is 2.29. The van der Waals surface area contributed by atoms with Crippen molar-refractivity contribution in [2.45, 2.75) is 31.1 Å². The van der Waals surface area contributed by atoms with E-state index in [4.69, 9.17) is 5.73 Å². The highest BCUT2D eigenvalue weighted by molar-refractivity contribution is 7.89. The van der Waals surface area contributed by atoms with E-state index >= 15 is 0 Å². The van der Waals surface area contributed by atoms with Gasteiger partial charge in [0.2, 0.25) is 10.0 Å². The number of piperidine rings is 1. The highest BCUT2D eigenvalue weighted by Crippen LogP contribution is 2.24. The molecule has 6 heteroatoms. The van der Waals surface area contributed by atoms with Gasteiger partial charge in [-0.2, -0.15) is 4.31 Å². The molecule has 0 bridgehead atoms. The number of hydrogen-bond acceptors (Lipinski definition) is 4. The molecule has 1 aromatic rings. The number of nitrogens with two attached hydrogens (primary N) is 1. The van der Waals surface area contributed by atoms with Crippen molar-refractivity contribution in [1.29, 1.82) is 0 Å². The molecular weight excluding hydrogens is 288 g/mol.